The van der Waals surface area contributed by atoms with Gasteiger partial charge in [0.1, 0.15) is 12.7 Å². The summed E-state index contributed by atoms with van der Waals surface area (Å²) in [7, 11) is 0. The second-order valence-corrected chi connectivity index (χ2v) is 5.45. The largest absolute Gasteiger partial charge is 0.508 e. The standard InChI is InChI=1S/C18H26O5/c1-4-6-12-21-18(20)22-13-16(7-5-2)23-17(19)15-10-8-14(3)9-11-15/h8-11,16H,4-7,12-13H2,1-3H3. The quantitative estimate of drug-likeness (QED) is 0.502. The van der Waals surface area contributed by atoms with E-state index in [4.69, 9.17) is 14.2 Å². The lowest BCUT2D eigenvalue weighted by Crippen LogP contribution is -2.25. The van der Waals surface area contributed by atoms with Crippen LogP contribution >= 0.6 is 0 Å². The van der Waals surface area contributed by atoms with E-state index in [2.05, 4.69) is 0 Å². The van der Waals surface area contributed by atoms with E-state index in [1.807, 2.05) is 32.9 Å². The zero-order valence-electron chi connectivity index (χ0n) is 14.2. The molecule has 0 bridgehead atoms. The van der Waals surface area contributed by atoms with Crippen molar-refractivity contribution in [3.63, 3.8) is 0 Å². The number of unbranched alkanes of at least 4 members (excludes halogenated alkanes) is 1. The molecule has 0 N–H and O–H groups in total. The van der Waals surface area contributed by atoms with Crippen LogP contribution in [-0.2, 0) is 14.2 Å². The minimum Gasteiger partial charge on any atom is -0.455 e. The summed E-state index contributed by atoms with van der Waals surface area (Å²) in [6.45, 7) is 6.29. The first-order valence-electron chi connectivity index (χ1n) is 8.14. The maximum atomic E-state index is 12.1. The third-order valence-electron chi connectivity index (χ3n) is 3.28. The summed E-state index contributed by atoms with van der Waals surface area (Å²) in [6.07, 6.45) is 2.01. The number of ether oxygens (including phenoxy) is 3. The Balaban J connectivity index is 2.46. The van der Waals surface area contributed by atoms with Gasteiger partial charge in [-0.3, -0.25) is 0 Å². The van der Waals surface area contributed by atoms with E-state index < -0.39 is 18.2 Å². The monoisotopic (exact) mass is 322 g/mol. The van der Waals surface area contributed by atoms with Crippen molar-refractivity contribution in [3.8, 4) is 0 Å². The molecule has 0 amide bonds. The molecular weight excluding hydrogens is 296 g/mol. The van der Waals surface area contributed by atoms with Crippen molar-refractivity contribution in [2.45, 2.75) is 52.6 Å². The third-order valence-corrected chi connectivity index (χ3v) is 3.28. The number of esters is 1. The molecule has 0 aliphatic rings. The van der Waals surface area contributed by atoms with Crippen LogP contribution < -0.4 is 0 Å². The summed E-state index contributed by atoms with van der Waals surface area (Å²) in [4.78, 5) is 23.5. The van der Waals surface area contributed by atoms with Crippen molar-refractivity contribution in [1.29, 1.82) is 0 Å². The summed E-state index contributed by atoms with van der Waals surface area (Å²) < 4.78 is 15.4. The average Bonchev–Trinajstić information content (AvgIpc) is 2.53. The highest BCUT2D eigenvalue weighted by Gasteiger charge is 2.18. The molecular formula is C18H26O5. The van der Waals surface area contributed by atoms with E-state index >= 15 is 0 Å². The van der Waals surface area contributed by atoms with Gasteiger partial charge in [-0.15, -0.1) is 0 Å². The Kier molecular flexibility index (Phi) is 8.80. The van der Waals surface area contributed by atoms with Crippen LogP contribution in [0.3, 0.4) is 0 Å². The molecule has 0 saturated carbocycles. The predicted octanol–water partition coefficient (Wildman–Crippen LogP) is 4.27. The van der Waals surface area contributed by atoms with Crippen LogP contribution in [0.4, 0.5) is 4.79 Å². The fourth-order valence-electron chi connectivity index (χ4n) is 1.91. The lowest BCUT2D eigenvalue weighted by Gasteiger charge is -2.17. The smallest absolute Gasteiger partial charge is 0.455 e. The van der Waals surface area contributed by atoms with Crippen LogP contribution in [0.15, 0.2) is 24.3 Å². The molecule has 128 valence electrons. The van der Waals surface area contributed by atoms with Gasteiger partial charge < -0.3 is 14.2 Å². The van der Waals surface area contributed by atoms with E-state index in [1.165, 1.54) is 0 Å². The summed E-state index contributed by atoms with van der Waals surface area (Å²) in [5.74, 6) is -0.411. The third kappa shape index (κ3) is 7.68. The second-order valence-electron chi connectivity index (χ2n) is 5.45. The number of aryl methyl sites for hydroxylation is 1. The Bertz CT molecular complexity index is 481. The molecule has 1 aromatic carbocycles. The molecule has 0 radical (unpaired) electrons. The Labute approximate surface area is 137 Å². The summed E-state index contributed by atoms with van der Waals surface area (Å²) in [5, 5.41) is 0. The number of hydrogen-bond donors (Lipinski definition) is 0. The number of carbonyl (C=O) groups excluding carboxylic acids is 2. The number of hydrogen-bond acceptors (Lipinski definition) is 5. The Morgan fingerprint density at radius 3 is 2.35 bits per heavy atom. The molecule has 1 aromatic rings. The van der Waals surface area contributed by atoms with Gasteiger partial charge in [-0.25, -0.2) is 9.59 Å². The zero-order chi connectivity index (χ0) is 17.1. The zero-order valence-corrected chi connectivity index (χ0v) is 14.2. The molecule has 1 atom stereocenters. The maximum Gasteiger partial charge on any atom is 0.508 e. The molecule has 0 saturated heterocycles. The van der Waals surface area contributed by atoms with Gasteiger partial charge in [0, 0.05) is 0 Å². The summed E-state index contributed by atoms with van der Waals surface area (Å²) in [5.41, 5.74) is 1.56. The molecule has 1 unspecified atom stereocenters. The van der Waals surface area contributed by atoms with Crippen molar-refractivity contribution in [1.82, 2.24) is 0 Å². The lowest BCUT2D eigenvalue weighted by atomic mass is 10.1. The van der Waals surface area contributed by atoms with E-state index in [1.54, 1.807) is 12.1 Å². The van der Waals surface area contributed by atoms with Crippen LogP contribution in [0.25, 0.3) is 0 Å². The second kappa shape index (κ2) is 10.6. The van der Waals surface area contributed by atoms with Crippen LogP contribution in [0.1, 0.15) is 55.5 Å². The van der Waals surface area contributed by atoms with Crippen molar-refractivity contribution in [2.75, 3.05) is 13.2 Å². The van der Waals surface area contributed by atoms with Crippen LogP contribution in [0.5, 0.6) is 0 Å². The minimum absolute atomic E-state index is 0.0103. The Morgan fingerprint density at radius 1 is 1.04 bits per heavy atom. The SMILES string of the molecule is CCCCOC(=O)OCC(CCC)OC(=O)c1ccc(C)cc1. The molecule has 0 spiro atoms. The topological polar surface area (TPSA) is 61.8 Å². The number of carbonyl (C=O) groups is 2. The Hall–Kier alpha value is -2.04. The highest BCUT2D eigenvalue weighted by atomic mass is 16.7. The Morgan fingerprint density at radius 2 is 1.74 bits per heavy atom. The molecule has 0 fully saturated rings. The van der Waals surface area contributed by atoms with Gasteiger partial charge in [0.05, 0.1) is 12.2 Å². The molecule has 0 aromatic heterocycles. The van der Waals surface area contributed by atoms with Crippen LogP contribution in [0, 0.1) is 6.92 Å². The van der Waals surface area contributed by atoms with Gasteiger partial charge in [0.2, 0.25) is 0 Å². The highest BCUT2D eigenvalue weighted by molar-refractivity contribution is 5.89. The lowest BCUT2D eigenvalue weighted by molar-refractivity contribution is -0.00926. The van der Waals surface area contributed by atoms with Gasteiger partial charge in [-0.1, -0.05) is 44.4 Å². The van der Waals surface area contributed by atoms with E-state index in [0.717, 1.165) is 24.8 Å². The summed E-state index contributed by atoms with van der Waals surface area (Å²) in [6, 6.07) is 7.15. The van der Waals surface area contributed by atoms with Gasteiger partial charge in [0.25, 0.3) is 0 Å². The molecule has 0 aliphatic heterocycles. The molecule has 0 aliphatic carbocycles. The first-order valence-corrected chi connectivity index (χ1v) is 8.14. The molecule has 23 heavy (non-hydrogen) atoms. The fraction of sp³-hybridized carbons (Fsp3) is 0.556. The van der Waals surface area contributed by atoms with E-state index in [0.29, 0.717) is 18.6 Å². The highest BCUT2D eigenvalue weighted by Crippen LogP contribution is 2.10. The number of rotatable bonds is 9. The normalized spacial score (nSPS) is 11.6. The predicted molar refractivity (Wildman–Crippen MR) is 87.5 cm³/mol. The summed E-state index contributed by atoms with van der Waals surface area (Å²) >= 11 is 0. The first-order chi connectivity index (χ1) is 11.1. The van der Waals surface area contributed by atoms with Gasteiger partial charge in [-0.05, 0) is 31.9 Å². The van der Waals surface area contributed by atoms with Crippen molar-refractivity contribution >= 4 is 12.1 Å². The van der Waals surface area contributed by atoms with Gasteiger partial charge in [-0.2, -0.15) is 0 Å². The molecule has 1 rings (SSSR count). The van der Waals surface area contributed by atoms with Crippen molar-refractivity contribution in [3.05, 3.63) is 35.4 Å². The first kappa shape index (κ1) is 19.0. The molecule has 0 heterocycles. The molecule has 5 nitrogen and oxygen atoms in total. The number of benzene rings is 1. The van der Waals surface area contributed by atoms with Crippen molar-refractivity contribution in [2.24, 2.45) is 0 Å². The maximum absolute atomic E-state index is 12.1. The van der Waals surface area contributed by atoms with Crippen LogP contribution in [-0.4, -0.2) is 31.4 Å². The minimum atomic E-state index is -0.717. The van der Waals surface area contributed by atoms with Gasteiger partial charge in [0.15, 0.2) is 0 Å². The average molecular weight is 322 g/mol. The van der Waals surface area contributed by atoms with Crippen LogP contribution in [0.2, 0.25) is 0 Å². The van der Waals surface area contributed by atoms with Crippen molar-refractivity contribution < 1.29 is 23.8 Å². The van der Waals surface area contributed by atoms with Gasteiger partial charge >= 0.3 is 12.1 Å². The molecule has 5 heteroatoms. The fourth-order valence-corrected chi connectivity index (χ4v) is 1.91. The van der Waals surface area contributed by atoms with E-state index in [-0.39, 0.29) is 6.61 Å². The van der Waals surface area contributed by atoms with E-state index in [9.17, 15) is 9.59 Å².